The Hall–Kier alpha value is -4.16. The Balaban J connectivity index is 2.70. The van der Waals surface area contributed by atoms with Crippen molar-refractivity contribution < 1.29 is 38.6 Å². The van der Waals surface area contributed by atoms with Crippen molar-refractivity contribution in [2.24, 2.45) is 0 Å². The number of methoxy groups -OCH3 is 2. The first-order chi connectivity index (χ1) is 15.1. The summed E-state index contributed by atoms with van der Waals surface area (Å²) in [6, 6.07) is 3.60. The third-order valence-electron chi connectivity index (χ3n) is 4.62. The van der Waals surface area contributed by atoms with Crippen molar-refractivity contribution in [2.75, 3.05) is 27.4 Å². The minimum Gasteiger partial charge on any atom is -0.491 e. The number of hydrogen-bond acceptors (Lipinski definition) is 11. The minimum atomic E-state index is -1.14. The molecule has 1 aliphatic rings. The lowest BCUT2D eigenvalue weighted by atomic mass is 9.80. The van der Waals surface area contributed by atoms with Crippen LogP contribution in [0.4, 0.5) is 5.69 Å². The zero-order chi connectivity index (χ0) is 24.0. The van der Waals surface area contributed by atoms with Gasteiger partial charge in [-0.15, -0.1) is 10.1 Å². The molecule has 1 heterocycles. The van der Waals surface area contributed by atoms with E-state index in [1.807, 2.05) is 0 Å². The number of nitro benzene ring substituents is 1. The highest BCUT2D eigenvalue weighted by Crippen LogP contribution is 2.43. The summed E-state index contributed by atoms with van der Waals surface area (Å²) in [5.41, 5.74) is 0.538. The number of rotatable bonds is 9. The van der Waals surface area contributed by atoms with E-state index in [1.54, 1.807) is 13.8 Å². The van der Waals surface area contributed by atoms with E-state index in [0.717, 1.165) is 26.4 Å². The number of non-ortho nitro benzene ring substituents is 1. The van der Waals surface area contributed by atoms with Gasteiger partial charge in [0.2, 0.25) is 0 Å². The highest BCUT2D eigenvalue weighted by molar-refractivity contribution is 6.00. The lowest BCUT2D eigenvalue weighted by Gasteiger charge is -2.30. The molecule has 0 spiro atoms. The fourth-order valence-electron chi connectivity index (χ4n) is 3.34. The van der Waals surface area contributed by atoms with Crippen molar-refractivity contribution in [3.63, 3.8) is 0 Å². The van der Waals surface area contributed by atoms with Crippen LogP contribution in [0.2, 0.25) is 0 Å². The summed E-state index contributed by atoms with van der Waals surface area (Å²) in [4.78, 5) is 50.6. The molecule has 2 rings (SSSR count). The van der Waals surface area contributed by atoms with E-state index in [0.29, 0.717) is 11.4 Å². The predicted octanol–water partition coefficient (Wildman–Crippen LogP) is 1.76. The number of dihydropyridines is 1. The Bertz CT molecular complexity index is 977. The number of benzene rings is 1. The van der Waals surface area contributed by atoms with Gasteiger partial charge in [0.1, 0.15) is 19.0 Å². The molecule has 32 heavy (non-hydrogen) atoms. The maximum Gasteiger partial charge on any atom is 0.336 e. The first kappa shape index (κ1) is 24.1. The van der Waals surface area contributed by atoms with E-state index in [2.05, 4.69) is 10.2 Å². The number of nitrogens with zero attached hydrogens (tertiary/aromatic N) is 2. The molecule has 1 aromatic carbocycles. The Morgan fingerprint density at radius 2 is 1.56 bits per heavy atom. The standard InChI is InChI=1S/C19H21N3O10/c1-10-15(18(23)29-3)17(16(11(2)20-10)19(24)30-4)13-9-12(21(25)26)5-6-14(13)31-7-8-32-22(27)28/h5-6,9,17,20H,7-8H2,1-4H3. The largest absolute Gasteiger partial charge is 0.491 e. The van der Waals surface area contributed by atoms with Gasteiger partial charge in [0, 0.05) is 29.1 Å². The van der Waals surface area contributed by atoms with Crippen molar-refractivity contribution in [3.8, 4) is 5.75 Å². The van der Waals surface area contributed by atoms with Crippen LogP contribution in [0.25, 0.3) is 0 Å². The third kappa shape index (κ3) is 5.11. The van der Waals surface area contributed by atoms with Crippen LogP contribution >= 0.6 is 0 Å². The zero-order valence-electron chi connectivity index (χ0n) is 17.7. The Morgan fingerprint density at radius 1 is 1.00 bits per heavy atom. The fourth-order valence-corrected chi connectivity index (χ4v) is 3.34. The van der Waals surface area contributed by atoms with Gasteiger partial charge in [-0.1, -0.05) is 0 Å². The van der Waals surface area contributed by atoms with Gasteiger partial charge in [-0.3, -0.25) is 10.1 Å². The maximum absolute atomic E-state index is 12.6. The van der Waals surface area contributed by atoms with Crippen LogP contribution in [0, 0.1) is 20.2 Å². The molecular formula is C19H21N3O10. The zero-order valence-corrected chi connectivity index (χ0v) is 17.7. The summed E-state index contributed by atoms with van der Waals surface area (Å²) in [5.74, 6) is -2.63. The van der Waals surface area contributed by atoms with Gasteiger partial charge in [-0.25, -0.2) is 9.59 Å². The molecule has 0 bridgehead atoms. The van der Waals surface area contributed by atoms with E-state index in [1.165, 1.54) is 6.07 Å². The number of ether oxygens (including phenoxy) is 3. The third-order valence-corrected chi connectivity index (χ3v) is 4.62. The van der Waals surface area contributed by atoms with Gasteiger partial charge in [0.15, 0.2) is 0 Å². The van der Waals surface area contributed by atoms with Crippen molar-refractivity contribution in [1.82, 2.24) is 5.32 Å². The van der Waals surface area contributed by atoms with Gasteiger partial charge >= 0.3 is 11.9 Å². The molecule has 0 amide bonds. The van der Waals surface area contributed by atoms with Crippen LogP contribution in [-0.4, -0.2) is 49.4 Å². The van der Waals surface area contributed by atoms with Gasteiger partial charge in [-0.2, -0.15) is 0 Å². The highest BCUT2D eigenvalue weighted by Gasteiger charge is 2.39. The summed E-state index contributed by atoms with van der Waals surface area (Å²) in [5, 5.41) is 23.7. The second-order valence-electron chi connectivity index (χ2n) is 6.50. The van der Waals surface area contributed by atoms with E-state index in [9.17, 15) is 29.8 Å². The van der Waals surface area contributed by atoms with Crippen molar-refractivity contribution in [2.45, 2.75) is 19.8 Å². The van der Waals surface area contributed by atoms with E-state index < -0.39 is 34.5 Å². The van der Waals surface area contributed by atoms with Gasteiger partial charge in [0.25, 0.3) is 10.8 Å². The van der Waals surface area contributed by atoms with Crippen LogP contribution in [-0.2, 0) is 23.9 Å². The SMILES string of the molecule is COC(=O)C1=C(C)NC(C)=C(C(=O)OC)C1c1cc([N+](=O)[O-])ccc1OCCO[N+](=O)[O-]. The molecule has 13 nitrogen and oxygen atoms in total. The second-order valence-corrected chi connectivity index (χ2v) is 6.50. The highest BCUT2D eigenvalue weighted by atomic mass is 17.0. The Morgan fingerprint density at radius 3 is 2.03 bits per heavy atom. The van der Waals surface area contributed by atoms with Gasteiger partial charge in [0.05, 0.1) is 36.2 Å². The van der Waals surface area contributed by atoms with Crippen LogP contribution in [0.1, 0.15) is 25.3 Å². The summed E-state index contributed by atoms with van der Waals surface area (Å²) in [6.07, 6.45) is 0. The minimum absolute atomic E-state index is 0.0189. The fraction of sp³-hybridized carbons (Fsp3) is 0.368. The smallest absolute Gasteiger partial charge is 0.336 e. The molecule has 0 atom stereocenters. The quantitative estimate of drug-likeness (QED) is 0.251. The summed E-state index contributed by atoms with van der Waals surface area (Å²) in [7, 11) is 2.31. The monoisotopic (exact) mass is 451 g/mol. The second kappa shape index (κ2) is 10.2. The number of carbonyl (C=O) groups is 2. The first-order valence-electron chi connectivity index (χ1n) is 9.16. The van der Waals surface area contributed by atoms with Gasteiger partial charge in [-0.05, 0) is 19.9 Å². The summed E-state index contributed by atoms with van der Waals surface area (Å²) < 4.78 is 15.3. The number of nitro groups is 1. The molecule has 0 saturated heterocycles. The number of nitrogens with one attached hydrogen (secondary N) is 1. The number of hydrogen-bond donors (Lipinski definition) is 1. The van der Waals surface area contributed by atoms with Crippen molar-refractivity contribution >= 4 is 17.6 Å². The van der Waals surface area contributed by atoms with Crippen LogP contribution in [0.3, 0.4) is 0 Å². The van der Waals surface area contributed by atoms with Crippen LogP contribution < -0.4 is 10.1 Å². The summed E-state index contributed by atoms with van der Waals surface area (Å²) in [6.45, 7) is 2.48. The predicted molar refractivity (Wildman–Crippen MR) is 107 cm³/mol. The van der Waals surface area contributed by atoms with Gasteiger partial charge < -0.3 is 24.4 Å². The molecular weight excluding hydrogens is 430 g/mol. The lowest BCUT2D eigenvalue weighted by Crippen LogP contribution is -2.32. The molecule has 1 aromatic rings. The molecule has 0 radical (unpaired) electrons. The van der Waals surface area contributed by atoms with Crippen molar-refractivity contribution in [1.29, 1.82) is 0 Å². The average Bonchev–Trinajstić information content (AvgIpc) is 2.75. The molecule has 1 aliphatic heterocycles. The van der Waals surface area contributed by atoms with E-state index >= 15 is 0 Å². The molecule has 0 aromatic heterocycles. The Kier molecular flexibility index (Phi) is 7.71. The number of allylic oxidation sites excluding steroid dienone is 2. The maximum atomic E-state index is 12.6. The molecule has 13 heteroatoms. The molecule has 0 fully saturated rings. The van der Waals surface area contributed by atoms with Crippen molar-refractivity contribution in [3.05, 3.63) is 66.5 Å². The first-order valence-corrected chi connectivity index (χ1v) is 9.16. The molecule has 0 aliphatic carbocycles. The average molecular weight is 451 g/mol. The number of carbonyl (C=O) groups excluding carboxylic acids is 2. The number of esters is 2. The summed E-state index contributed by atoms with van der Waals surface area (Å²) >= 11 is 0. The lowest BCUT2D eigenvalue weighted by molar-refractivity contribution is -0.757. The van der Waals surface area contributed by atoms with Crippen LogP contribution in [0.5, 0.6) is 5.75 Å². The topological polar surface area (TPSA) is 169 Å². The Labute approximate surface area is 181 Å². The normalized spacial score (nSPS) is 13.9. The molecule has 1 N–H and O–H groups in total. The van der Waals surface area contributed by atoms with Crippen LogP contribution in [0.15, 0.2) is 40.7 Å². The van der Waals surface area contributed by atoms with E-state index in [4.69, 9.17) is 14.2 Å². The van der Waals surface area contributed by atoms with E-state index in [-0.39, 0.29) is 34.8 Å². The molecule has 0 saturated carbocycles. The molecule has 0 unspecified atom stereocenters. The molecule has 172 valence electrons.